The van der Waals surface area contributed by atoms with E-state index in [1.165, 1.54) is 0 Å². The van der Waals surface area contributed by atoms with E-state index in [1.54, 1.807) is 14.2 Å². The molecule has 1 aromatic carbocycles. The van der Waals surface area contributed by atoms with Crippen LogP contribution in [0.5, 0.6) is 0 Å². The van der Waals surface area contributed by atoms with Gasteiger partial charge >= 0.3 is 0 Å². The Morgan fingerprint density at radius 2 is 2.00 bits per heavy atom. The van der Waals surface area contributed by atoms with Crippen molar-refractivity contribution in [2.24, 2.45) is 4.99 Å². The average Bonchev–Trinajstić information content (AvgIpc) is 2.73. The third-order valence-corrected chi connectivity index (χ3v) is 4.78. The lowest BCUT2D eigenvalue weighted by Crippen LogP contribution is -2.46. The van der Waals surface area contributed by atoms with Crippen molar-refractivity contribution in [3.63, 3.8) is 0 Å². The molecule has 0 radical (unpaired) electrons. The zero-order chi connectivity index (χ0) is 20.2. The van der Waals surface area contributed by atoms with Gasteiger partial charge in [-0.1, -0.05) is 12.1 Å². The monoisotopic (exact) mass is 518 g/mol. The minimum atomic E-state index is -0.0405. The Morgan fingerprint density at radius 3 is 2.66 bits per heavy atom. The molecule has 0 spiro atoms. The van der Waals surface area contributed by atoms with Crippen molar-refractivity contribution in [2.75, 3.05) is 47.0 Å². The second-order valence-electron chi connectivity index (χ2n) is 6.86. The summed E-state index contributed by atoms with van der Waals surface area (Å²) in [6, 6.07) is 7.69. The molecule has 1 amide bonds. The Hall–Kier alpha value is -1.39. The maximum Gasteiger partial charge on any atom is 0.251 e. The normalized spacial score (nSPS) is 15.0. The summed E-state index contributed by atoms with van der Waals surface area (Å²) in [7, 11) is 3.52. The molecule has 29 heavy (non-hydrogen) atoms. The molecule has 0 atom stereocenters. The summed E-state index contributed by atoms with van der Waals surface area (Å²) in [5.41, 5.74) is 1.74. The molecule has 2 N–H and O–H groups in total. The fourth-order valence-electron chi connectivity index (χ4n) is 3.29. The van der Waals surface area contributed by atoms with E-state index < -0.39 is 0 Å². The Labute approximate surface area is 191 Å². The first-order valence-corrected chi connectivity index (χ1v) is 10.1. The van der Waals surface area contributed by atoms with Crippen LogP contribution in [0, 0.1) is 0 Å². The number of methoxy groups -OCH3 is 1. The molecule has 1 fully saturated rings. The van der Waals surface area contributed by atoms with Crippen molar-refractivity contribution in [2.45, 2.75) is 38.8 Å². The van der Waals surface area contributed by atoms with Gasteiger partial charge in [0, 0.05) is 59.1 Å². The van der Waals surface area contributed by atoms with E-state index in [0.717, 1.165) is 57.1 Å². The van der Waals surface area contributed by atoms with Crippen molar-refractivity contribution < 1.29 is 14.3 Å². The summed E-state index contributed by atoms with van der Waals surface area (Å²) in [5, 5.41) is 6.25. The molecule has 0 aliphatic carbocycles. The number of nitrogens with zero attached hydrogens (tertiary/aromatic N) is 2. The second kappa shape index (κ2) is 14.6. The van der Waals surface area contributed by atoms with Crippen molar-refractivity contribution in [1.29, 1.82) is 0 Å². The van der Waals surface area contributed by atoms with E-state index >= 15 is 0 Å². The summed E-state index contributed by atoms with van der Waals surface area (Å²) < 4.78 is 11.0. The maximum absolute atomic E-state index is 12.0. The smallest absolute Gasteiger partial charge is 0.251 e. The summed E-state index contributed by atoms with van der Waals surface area (Å²) in [5.74, 6) is 0.850. The number of nitrogens with one attached hydrogen (secondary N) is 2. The number of aliphatic imine (C=N–C) groups is 1. The predicted molar refractivity (Wildman–Crippen MR) is 127 cm³/mol. The number of guanidine groups is 1. The average molecular weight is 518 g/mol. The second-order valence-corrected chi connectivity index (χ2v) is 6.86. The third kappa shape index (κ3) is 8.88. The molecule has 2 rings (SSSR count). The lowest BCUT2D eigenvalue weighted by molar-refractivity contribution is 0.00989. The van der Waals surface area contributed by atoms with Gasteiger partial charge in [-0.05, 0) is 43.9 Å². The molecule has 1 aliphatic rings. The minimum Gasteiger partial charge on any atom is -0.385 e. The molecule has 1 aliphatic heterocycles. The zero-order valence-corrected chi connectivity index (χ0v) is 20.1. The highest BCUT2D eigenvalue weighted by atomic mass is 127. The van der Waals surface area contributed by atoms with Gasteiger partial charge in [-0.15, -0.1) is 24.0 Å². The first kappa shape index (κ1) is 25.6. The Morgan fingerprint density at radius 1 is 1.24 bits per heavy atom. The van der Waals surface area contributed by atoms with E-state index in [1.807, 2.05) is 31.2 Å². The van der Waals surface area contributed by atoms with E-state index in [2.05, 4.69) is 20.5 Å². The Bertz CT molecular complexity index is 634. The van der Waals surface area contributed by atoms with E-state index in [0.29, 0.717) is 24.8 Å². The largest absolute Gasteiger partial charge is 0.385 e. The van der Waals surface area contributed by atoms with Crippen molar-refractivity contribution in [3.8, 4) is 0 Å². The number of amides is 1. The molecule has 1 heterocycles. The van der Waals surface area contributed by atoms with Crippen LogP contribution < -0.4 is 10.6 Å². The number of benzene rings is 1. The Kier molecular flexibility index (Phi) is 12.9. The molecular weight excluding hydrogens is 483 g/mol. The van der Waals surface area contributed by atoms with E-state index in [4.69, 9.17) is 9.47 Å². The quantitative estimate of drug-likeness (QED) is 0.228. The van der Waals surface area contributed by atoms with Gasteiger partial charge < -0.3 is 25.0 Å². The summed E-state index contributed by atoms with van der Waals surface area (Å²) in [4.78, 5) is 18.7. The van der Waals surface area contributed by atoms with Crippen LogP contribution in [0.2, 0.25) is 0 Å². The van der Waals surface area contributed by atoms with Crippen LogP contribution in [0.4, 0.5) is 0 Å². The minimum absolute atomic E-state index is 0. The highest BCUT2D eigenvalue weighted by Gasteiger charge is 2.21. The van der Waals surface area contributed by atoms with Crippen molar-refractivity contribution >= 4 is 35.8 Å². The number of carbonyl (C=O) groups is 1. The topological polar surface area (TPSA) is 75.2 Å². The van der Waals surface area contributed by atoms with Crippen molar-refractivity contribution in [1.82, 2.24) is 15.5 Å². The number of hydrogen-bond donors (Lipinski definition) is 2. The lowest BCUT2D eigenvalue weighted by atomic mass is 10.1. The molecule has 8 heteroatoms. The van der Waals surface area contributed by atoms with E-state index in [-0.39, 0.29) is 29.9 Å². The van der Waals surface area contributed by atoms with Crippen LogP contribution in [-0.4, -0.2) is 69.9 Å². The third-order valence-electron chi connectivity index (χ3n) is 4.78. The van der Waals surface area contributed by atoms with Gasteiger partial charge in [0.2, 0.25) is 0 Å². The van der Waals surface area contributed by atoms with Crippen LogP contribution in [-0.2, 0) is 16.0 Å². The van der Waals surface area contributed by atoms with Crippen molar-refractivity contribution in [3.05, 3.63) is 35.4 Å². The van der Waals surface area contributed by atoms with Gasteiger partial charge in [0.1, 0.15) is 0 Å². The van der Waals surface area contributed by atoms with E-state index in [9.17, 15) is 4.79 Å². The number of piperidine rings is 1. The standard InChI is InChI=1S/C21H34N4O3.HI/c1-4-23-20(26)18-8-5-7-17(15-18)16-24-21(22-2)25-11-9-19(10-12-25)28-14-6-13-27-3;/h5,7-8,15,19H,4,6,9-14,16H2,1-3H3,(H,22,24)(H,23,26);1H. The molecule has 0 bridgehead atoms. The fraction of sp³-hybridized carbons (Fsp3) is 0.619. The summed E-state index contributed by atoms with van der Waals surface area (Å²) in [6.45, 7) is 6.53. The van der Waals surface area contributed by atoms with Gasteiger partial charge in [0.15, 0.2) is 5.96 Å². The van der Waals surface area contributed by atoms with Gasteiger partial charge in [-0.2, -0.15) is 0 Å². The first-order valence-electron chi connectivity index (χ1n) is 10.1. The van der Waals surface area contributed by atoms with Gasteiger partial charge in [-0.25, -0.2) is 0 Å². The molecule has 0 unspecified atom stereocenters. The lowest BCUT2D eigenvalue weighted by Gasteiger charge is -2.34. The molecule has 0 aromatic heterocycles. The molecule has 1 aromatic rings. The van der Waals surface area contributed by atoms with Crippen LogP contribution in [0.25, 0.3) is 0 Å². The first-order chi connectivity index (χ1) is 13.7. The van der Waals surface area contributed by atoms with Crippen LogP contribution in [0.3, 0.4) is 0 Å². The molecule has 0 saturated carbocycles. The number of likely N-dealkylation sites (tertiary alicyclic amines) is 1. The number of rotatable bonds is 9. The fourth-order valence-corrected chi connectivity index (χ4v) is 3.29. The number of ether oxygens (including phenoxy) is 2. The summed E-state index contributed by atoms with van der Waals surface area (Å²) >= 11 is 0. The summed E-state index contributed by atoms with van der Waals surface area (Å²) in [6.07, 6.45) is 3.26. The molecule has 164 valence electrons. The number of carbonyl (C=O) groups excluding carboxylic acids is 1. The molecule has 7 nitrogen and oxygen atoms in total. The van der Waals surface area contributed by atoms with Crippen LogP contribution in [0.15, 0.2) is 29.3 Å². The highest BCUT2D eigenvalue weighted by Crippen LogP contribution is 2.14. The number of halogens is 1. The van der Waals surface area contributed by atoms with Gasteiger partial charge in [0.25, 0.3) is 5.91 Å². The Balaban J connectivity index is 0.00000420. The zero-order valence-electron chi connectivity index (χ0n) is 17.8. The van der Waals surface area contributed by atoms with Crippen LogP contribution in [0.1, 0.15) is 42.1 Å². The SMILES string of the molecule is CCNC(=O)c1cccc(CNC(=NC)N2CCC(OCCCOC)CC2)c1.I. The number of hydrogen-bond acceptors (Lipinski definition) is 4. The maximum atomic E-state index is 12.0. The van der Waals surface area contributed by atoms with Gasteiger partial charge in [0.05, 0.1) is 6.10 Å². The van der Waals surface area contributed by atoms with Gasteiger partial charge in [-0.3, -0.25) is 9.79 Å². The highest BCUT2D eigenvalue weighted by molar-refractivity contribution is 14.0. The predicted octanol–water partition coefficient (Wildman–Crippen LogP) is 2.65. The van der Waals surface area contributed by atoms with Crippen LogP contribution >= 0.6 is 24.0 Å². The molecular formula is C21H35IN4O3. The molecule has 1 saturated heterocycles.